The summed E-state index contributed by atoms with van der Waals surface area (Å²) in [4.78, 5) is 13.9. The number of amides is 1. The van der Waals surface area contributed by atoms with Gasteiger partial charge < -0.3 is 10.6 Å². The predicted octanol–water partition coefficient (Wildman–Crippen LogP) is 2.71. The van der Waals surface area contributed by atoms with E-state index in [1.54, 1.807) is 6.92 Å². The number of para-hydroxylation sites is 1. The van der Waals surface area contributed by atoms with Crippen LogP contribution in [0, 0.1) is 11.8 Å². The first-order valence-corrected chi connectivity index (χ1v) is 6.59. The fourth-order valence-electron chi connectivity index (χ4n) is 3.17. The number of rotatable bonds is 1. The van der Waals surface area contributed by atoms with Crippen LogP contribution in [0.15, 0.2) is 24.3 Å². The smallest absolute Gasteiger partial charge is 0.224 e. The zero-order chi connectivity index (χ0) is 13.4. The van der Waals surface area contributed by atoms with E-state index in [1.807, 2.05) is 29.2 Å². The molecule has 2 rings (SSSR count). The van der Waals surface area contributed by atoms with Crippen molar-refractivity contribution in [2.75, 3.05) is 4.90 Å². The molecular weight excluding hydrogens is 224 g/mol. The Morgan fingerprint density at radius 3 is 2.50 bits per heavy atom. The number of hydrogen-bond acceptors (Lipinski definition) is 2. The van der Waals surface area contributed by atoms with Crippen LogP contribution < -0.4 is 10.6 Å². The lowest BCUT2D eigenvalue weighted by atomic mass is 9.78. The third-order valence-corrected chi connectivity index (χ3v) is 3.98. The third kappa shape index (κ3) is 1.93. The quantitative estimate of drug-likeness (QED) is 0.828. The number of benzene rings is 1. The third-order valence-electron chi connectivity index (χ3n) is 3.98. The van der Waals surface area contributed by atoms with Crippen molar-refractivity contribution in [2.24, 2.45) is 17.6 Å². The van der Waals surface area contributed by atoms with Gasteiger partial charge in [-0.2, -0.15) is 0 Å². The van der Waals surface area contributed by atoms with Crippen molar-refractivity contribution in [3.8, 4) is 0 Å². The Labute approximate surface area is 109 Å². The van der Waals surface area contributed by atoms with Crippen molar-refractivity contribution in [2.45, 2.75) is 39.8 Å². The fraction of sp³-hybridized carbons (Fsp3) is 0.533. The van der Waals surface area contributed by atoms with Crippen molar-refractivity contribution < 1.29 is 4.79 Å². The summed E-state index contributed by atoms with van der Waals surface area (Å²) in [6, 6.07) is 8.16. The van der Waals surface area contributed by atoms with E-state index >= 15 is 0 Å². The summed E-state index contributed by atoms with van der Waals surface area (Å²) in [5.41, 5.74) is 8.40. The Hall–Kier alpha value is -1.35. The van der Waals surface area contributed by atoms with Crippen LogP contribution >= 0.6 is 0 Å². The highest BCUT2D eigenvalue weighted by Gasteiger charge is 2.39. The van der Waals surface area contributed by atoms with Gasteiger partial charge in [-0.15, -0.1) is 0 Å². The van der Waals surface area contributed by atoms with Crippen LogP contribution in [0.3, 0.4) is 0 Å². The second kappa shape index (κ2) is 4.73. The van der Waals surface area contributed by atoms with E-state index in [0.29, 0.717) is 5.92 Å². The molecule has 0 radical (unpaired) electrons. The Kier molecular flexibility index (Phi) is 3.44. The molecule has 1 heterocycles. The van der Waals surface area contributed by atoms with Crippen LogP contribution in [0.2, 0.25) is 0 Å². The molecule has 1 aromatic rings. The van der Waals surface area contributed by atoms with Crippen molar-refractivity contribution in [1.82, 2.24) is 0 Å². The Balaban J connectivity index is 2.58. The molecule has 98 valence electrons. The molecule has 2 N–H and O–H groups in total. The zero-order valence-corrected chi connectivity index (χ0v) is 11.6. The lowest BCUT2D eigenvalue weighted by Gasteiger charge is -2.45. The first kappa shape index (κ1) is 13.1. The Morgan fingerprint density at radius 1 is 1.33 bits per heavy atom. The summed E-state index contributed by atoms with van der Waals surface area (Å²) in [5, 5.41) is 0. The van der Waals surface area contributed by atoms with Gasteiger partial charge in [-0.05, 0) is 23.5 Å². The van der Waals surface area contributed by atoms with Crippen LogP contribution in [0.5, 0.6) is 0 Å². The summed E-state index contributed by atoms with van der Waals surface area (Å²) >= 11 is 0. The standard InChI is InChI=1S/C15H22N2O/c1-9(2)15-10(3)14(16)12-7-5-6-8-13(12)17(15)11(4)18/h5-10,14-15H,16H2,1-4H3/t10-,14-,15+/m1/s1. The SMILES string of the molecule is CC(=O)N1c2ccccc2[C@H](N)[C@@H](C)[C@@H]1C(C)C. The molecule has 0 unspecified atom stereocenters. The molecule has 3 atom stereocenters. The number of fused-ring (bicyclic) bond motifs is 1. The largest absolute Gasteiger partial charge is 0.324 e. The van der Waals surface area contributed by atoms with E-state index in [4.69, 9.17) is 5.73 Å². The van der Waals surface area contributed by atoms with E-state index in [9.17, 15) is 4.79 Å². The van der Waals surface area contributed by atoms with Gasteiger partial charge in [-0.1, -0.05) is 39.0 Å². The average molecular weight is 246 g/mol. The maximum Gasteiger partial charge on any atom is 0.224 e. The van der Waals surface area contributed by atoms with E-state index in [-0.39, 0.29) is 23.9 Å². The molecule has 0 aliphatic carbocycles. The summed E-state index contributed by atoms with van der Waals surface area (Å²) in [6.45, 7) is 8.08. The normalized spacial score (nSPS) is 27.2. The molecule has 1 aliphatic heterocycles. The van der Waals surface area contributed by atoms with Crippen LogP contribution in [0.1, 0.15) is 39.3 Å². The summed E-state index contributed by atoms with van der Waals surface area (Å²) < 4.78 is 0. The fourth-order valence-corrected chi connectivity index (χ4v) is 3.17. The molecule has 0 saturated heterocycles. The molecule has 1 aromatic carbocycles. The van der Waals surface area contributed by atoms with Gasteiger partial charge in [-0.3, -0.25) is 4.79 Å². The van der Waals surface area contributed by atoms with E-state index < -0.39 is 0 Å². The molecule has 1 aliphatic rings. The zero-order valence-electron chi connectivity index (χ0n) is 11.6. The van der Waals surface area contributed by atoms with Crippen molar-refractivity contribution in [3.63, 3.8) is 0 Å². The van der Waals surface area contributed by atoms with Gasteiger partial charge in [0.1, 0.15) is 0 Å². The van der Waals surface area contributed by atoms with Crippen molar-refractivity contribution in [3.05, 3.63) is 29.8 Å². The molecule has 0 bridgehead atoms. The van der Waals surface area contributed by atoms with Gasteiger partial charge in [0.25, 0.3) is 0 Å². The second-order valence-electron chi connectivity index (χ2n) is 5.57. The van der Waals surface area contributed by atoms with Crippen LogP contribution in [-0.4, -0.2) is 11.9 Å². The van der Waals surface area contributed by atoms with Gasteiger partial charge in [-0.25, -0.2) is 0 Å². The van der Waals surface area contributed by atoms with Gasteiger partial charge in [0.05, 0.1) is 0 Å². The maximum atomic E-state index is 12.0. The highest BCUT2D eigenvalue weighted by molar-refractivity contribution is 5.93. The number of anilines is 1. The lowest BCUT2D eigenvalue weighted by molar-refractivity contribution is -0.117. The molecule has 1 amide bonds. The topological polar surface area (TPSA) is 46.3 Å². The lowest BCUT2D eigenvalue weighted by Crippen LogP contribution is -2.52. The summed E-state index contributed by atoms with van der Waals surface area (Å²) in [5.74, 6) is 0.756. The Bertz CT molecular complexity index is 456. The predicted molar refractivity (Wildman–Crippen MR) is 74.3 cm³/mol. The van der Waals surface area contributed by atoms with Crippen molar-refractivity contribution in [1.29, 1.82) is 0 Å². The van der Waals surface area contributed by atoms with Gasteiger partial charge in [0.2, 0.25) is 5.91 Å². The van der Waals surface area contributed by atoms with Crippen LogP contribution in [0.25, 0.3) is 0 Å². The highest BCUT2D eigenvalue weighted by Crippen LogP contribution is 2.41. The monoisotopic (exact) mass is 246 g/mol. The van der Waals surface area contributed by atoms with Gasteiger partial charge in [0, 0.05) is 24.7 Å². The highest BCUT2D eigenvalue weighted by atomic mass is 16.2. The van der Waals surface area contributed by atoms with Crippen LogP contribution in [0.4, 0.5) is 5.69 Å². The maximum absolute atomic E-state index is 12.0. The van der Waals surface area contributed by atoms with Crippen LogP contribution in [-0.2, 0) is 4.79 Å². The second-order valence-corrected chi connectivity index (χ2v) is 5.57. The number of carbonyl (C=O) groups excluding carboxylic acids is 1. The summed E-state index contributed by atoms with van der Waals surface area (Å²) in [6.07, 6.45) is 0. The van der Waals surface area contributed by atoms with Gasteiger partial charge in [0.15, 0.2) is 0 Å². The average Bonchev–Trinajstić information content (AvgIpc) is 2.32. The summed E-state index contributed by atoms with van der Waals surface area (Å²) in [7, 11) is 0. The number of hydrogen-bond donors (Lipinski definition) is 1. The van der Waals surface area contributed by atoms with Crippen molar-refractivity contribution >= 4 is 11.6 Å². The molecule has 3 heteroatoms. The van der Waals surface area contributed by atoms with E-state index in [2.05, 4.69) is 20.8 Å². The Morgan fingerprint density at radius 2 is 1.94 bits per heavy atom. The number of nitrogens with two attached hydrogens (primary N) is 1. The molecule has 3 nitrogen and oxygen atoms in total. The van der Waals surface area contributed by atoms with E-state index in [1.165, 1.54) is 0 Å². The first-order valence-electron chi connectivity index (χ1n) is 6.59. The minimum Gasteiger partial charge on any atom is -0.324 e. The molecule has 0 spiro atoms. The first-order chi connectivity index (χ1) is 8.45. The molecular formula is C15H22N2O. The molecule has 18 heavy (non-hydrogen) atoms. The minimum atomic E-state index is 0.00389. The van der Waals surface area contributed by atoms with Gasteiger partial charge >= 0.3 is 0 Å². The number of carbonyl (C=O) groups is 1. The molecule has 0 aromatic heterocycles. The van der Waals surface area contributed by atoms with E-state index in [0.717, 1.165) is 11.3 Å². The molecule has 0 fully saturated rings. The molecule has 0 saturated carbocycles. The number of nitrogens with zero attached hydrogens (tertiary/aromatic N) is 1. The minimum absolute atomic E-state index is 0.00389.